The van der Waals surface area contributed by atoms with Gasteiger partial charge >= 0.3 is 0 Å². The van der Waals surface area contributed by atoms with Crippen LogP contribution in [0.25, 0.3) is 33.3 Å². The minimum absolute atomic E-state index is 0.0226. The van der Waals surface area contributed by atoms with Gasteiger partial charge in [-0.1, -0.05) is 43.5 Å². The van der Waals surface area contributed by atoms with Crippen molar-refractivity contribution in [2.75, 3.05) is 7.11 Å². The molecule has 5 heteroatoms. The van der Waals surface area contributed by atoms with Crippen LogP contribution in [0.4, 0.5) is 0 Å². The molecule has 1 saturated carbocycles. The number of hydrogen-bond acceptors (Lipinski definition) is 4. The second-order valence-electron chi connectivity index (χ2n) is 8.39. The minimum Gasteiger partial charge on any atom is -0.494 e. The average molecular weight is 397 g/mol. The summed E-state index contributed by atoms with van der Waals surface area (Å²) in [5.41, 5.74) is 5.00. The van der Waals surface area contributed by atoms with Crippen molar-refractivity contribution in [3.05, 3.63) is 63.9 Å². The van der Waals surface area contributed by atoms with Gasteiger partial charge in [0.05, 0.1) is 24.6 Å². The standard InChI is InChI=1S/C25H23N3O2/c1-30-20-13-7-11-17-22(20)27-24-23-18(14-28(24)25(17)29)21(15-8-3-2-4-9-15)16-10-5-6-12-19(16)26-23/h5-7,10-13,15H,2-4,8-9,14H2,1H3. The summed E-state index contributed by atoms with van der Waals surface area (Å²) < 4.78 is 7.28. The van der Waals surface area contributed by atoms with Crippen LogP contribution >= 0.6 is 0 Å². The second-order valence-corrected chi connectivity index (χ2v) is 8.39. The Morgan fingerprint density at radius 1 is 0.967 bits per heavy atom. The molecule has 0 amide bonds. The third-order valence-electron chi connectivity index (χ3n) is 6.75. The third kappa shape index (κ3) is 2.44. The van der Waals surface area contributed by atoms with E-state index in [9.17, 15) is 4.79 Å². The van der Waals surface area contributed by atoms with E-state index in [1.807, 2.05) is 24.3 Å². The van der Waals surface area contributed by atoms with Crippen LogP contribution in [0.5, 0.6) is 5.75 Å². The molecular weight excluding hydrogens is 374 g/mol. The summed E-state index contributed by atoms with van der Waals surface area (Å²) in [4.78, 5) is 23.3. The Kier molecular flexibility index (Phi) is 3.91. The third-order valence-corrected chi connectivity index (χ3v) is 6.75. The van der Waals surface area contributed by atoms with E-state index in [2.05, 4.69) is 18.2 Å². The van der Waals surface area contributed by atoms with Crippen molar-refractivity contribution in [3.8, 4) is 17.3 Å². The van der Waals surface area contributed by atoms with E-state index < -0.39 is 0 Å². The zero-order valence-electron chi connectivity index (χ0n) is 17.0. The first-order chi connectivity index (χ1) is 14.8. The average Bonchev–Trinajstić information content (AvgIpc) is 3.16. The predicted octanol–water partition coefficient (Wildman–Crippen LogP) is 5.03. The molecule has 0 bridgehead atoms. The number of fused-ring (bicyclic) bond motifs is 5. The molecular formula is C25H23N3O2. The van der Waals surface area contributed by atoms with E-state index in [0.29, 0.717) is 34.9 Å². The highest BCUT2D eigenvalue weighted by Gasteiger charge is 2.31. The van der Waals surface area contributed by atoms with Gasteiger partial charge in [0.2, 0.25) is 0 Å². The van der Waals surface area contributed by atoms with Gasteiger partial charge in [0.25, 0.3) is 5.56 Å². The molecule has 4 aromatic rings. The molecule has 1 aliphatic heterocycles. The lowest BCUT2D eigenvalue weighted by molar-refractivity contribution is 0.418. The Labute approximate surface area is 174 Å². The number of aromatic nitrogens is 3. The molecule has 0 saturated heterocycles. The highest BCUT2D eigenvalue weighted by molar-refractivity contribution is 5.90. The lowest BCUT2D eigenvalue weighted by atomic mass is 9.80. The van der Waals surface area contributed by atoms with Gasteiger partial charge in [0.15, 0.2) is 5.82 Å². The Balaban J connectivity index is 1.67. The molecule has 0 radical (unpaired) electrons. The smallest absolute Gasteiger partial charge is 0.262 e. The van der Waals surface area contributed by atoms with Gasteiger partial charge in [0.1, 0.15) is 17.0 Å². The maximum Gasteiger partial charge on any atom is 0.262 e. The van der Waals surface area contributed by atoms with Crippen molar-refractivity contribution in [2.24, 2.45) is 0 Å². The van der Waals surface area contributed by atoms with Crippen LogP contribution in [-0.2, 0) is 6.54 Å². The summed E-state index contributed by atoms with van der Waals surface area (Å²) in [7, 11) is 1.61. The van der Waals surface area contributed by atoms with Crippen molar-refractivity contribution in [1.29, 1.82) is 0 Å². The lowest BCUT2D eigenvalue weighted by Crippen LogP contribution is -2.20. The zero-order chi connectivity index (χ0) is 20.2. The maximum atomic E-state index is 13.4. The molecule has 0 spiro atoms. The van der Waals surface area contributed by atoms with Crippen LogP contribution in [-0.4, -0.2) is 21.6 Å². The van der Waals surface area contributed by atoms with Gasteiger partial charge in [-0.3, -0.25) is 9.36 Å². The van der Waals surface area contributed by atoms with Gasteiger partial charge < -0.3 is 4.74 Å². The van der Waals surface area contributed by atoms with Crippen LogP contribution in [0.3, 0.4) is 0 Å². The van der Waals surface area contributed by atoms with Crippen molar-refractivity contribution in [3.63, 3.8) is 0 Å². The summed E-state index contributed by atoms with van der Waals surface area (Å²) in [6, 6.07) is 13.9. The molecule has 0 atom stereocenters. The number of methoxy groups -OCH3 is 1. The molecule has 150 valence electrons. The fourth-order valence-electron chi connectivity index (χ4n) is 5.35. The molecule has 2 aromatic heterocycles. The molecule has 2 aromatic carbocycles. The molecule has 1 fully saturated rings. The molecule has 3 heterocycles. The largest absolute Gasteiger partial charge is 0.494 e. The topological polar surface area (TPSA) is 57.0 Å². The first-order valence-corrected chi connectivity index (χ1v) is 10.8. The fraction of sp³-hybridized carbons (Fsp3) is 0.320. The monoisotopic (exact) mass is 397 g/mol. The number of ether oxygens (including phenoxy) is 1. The summed E-state index contributed by atoms with van der Waals surface area (Å²) in [5, 5.41) is 1.82. The Bertz CT molecular complexity index is 1370. The van der Waals surface area contributed by atoms with Gasteiger partial charge in [-0.15, -0.1) is 0 Å². The van der Waals surface area contributed by atoms with Crippen molar-refractivity contribution in [1.82, 2.24) is 14.5 Å². The Morgan fingerprint density at radius 3 is 2.60 bits per heavy atom. The van der Waals surface area contributed by atoms with E-state index in [1.165, 1.54) is 48.6 Å². The zero-order valence-corrected chi connectivity index (χ0v) is 17.0. The molecule has 0 unspecified atom stereocenters. The molecule has 2 aliphatic rings. The predicted molar refractivity (Wildman–Crippen MR) is 118 cm³/mol. The summed E-state index contributed by atoms with van der Waals surface area (Å²) >= 11 is 0. The van der Waals surface area contributed by atoms with Crippen LogP contribution in [0.15, 0.2) is 47.3 Å². The molecule has 30 heavy (non-hydrogen) atoms. The SMILES string of the molecule is COc1cccc2c(=O)n3c(nc12)-c1nc2ccccc2c(C2CCCCC2)c1C3. The number of hydrogen-bond donors (Lipinski definition) is 0. The second kappa shape index (κ2) is 6.66. The number of pyridine rings is 1. The van der Waals surface area contributed by atoms with E-state index >= 15 is 0 Å². The van der Waals surface area contributed by atoms with Crippen LogP contribution in [0, 0.1) is 0 Å². The van der Waals surface area contributed by atoms with Crippen molar-refractivity contribution >= 4 is 21.8 Å². The number of benzene rings is 2. The van der Waals surface area contributed by atoms with E-state index in [-0.39, 0.29) is 5.56 Å². The first-order valence-electron chi connectivity index (χ1n) is 10.8. The highest BCUT2D eigenvalue weighted by Crippen LogP contribution is 2.43. The van der Waals surface area contributed by atoms with Crippen LogP contribution in [0.1, 0.15) is 49.1 Å². The first kappa shape index (κ1) is 17.6. The summed E-state index contributed by atoms with van der Waals surface area (Å²) in [6.07, 6.45) is 6.25. The van der Waals surface area contributed by atoms with Gasteiger partial charge in [0, 0.05) is 10.9 Å². The summed E-state index contributed by atoms with van der Waals surface area (Å²) in [6.45, 7) is 0.549. The lowest BCUT2D eigenvalue weighted by Gasteiger charge is -2.25. The van der Waals surface area contributed by atoms with Crippen LogP contribution in [0.2, 0.25) is 0 Å². The number of nitrogens with zero attached hydrogens (tertiary/aromatic N) is 3. The summed E-state index contributed by atoms with van der Waals surface area (Å²) in [5.74, 6) is 1.80. The Hall–Kier alpha value is -3.21. The van der Waals surface area contributed by atoms with Crippen molar-refractivity contribution < 1.29 is 4.74 Å². The molecule has 6 rings (SSSR count). The normalized spacial score (nSPS) is 16.0. The van der Waals surface area contributed by atoms with Gasteiger partial charge in [-0.05, 0) is 42.5 Å². The van der Waals surface area contributed by atoms with Crippen LogP contribution < -0.4 is 10.3 Å². The maximum absolute atomic E-state index is 13.4. The van der Waals surface area contributed by atoms with Gasteiger partial charge in [-0.2, -0.15) is 0 Å². The quantitative estimate of drug-likeness (QED) is 0.419. The van der Waals surface area contributed by atoms with E-state index in [4.69, 9.17) is 14.7 Å². The number of rotatable bonds is 2. The van der Waals surface area contributed by atoms with Crippen molar-refractivity contribution in [2.45, 2.75) is 44.6 Å². The highest BCUT2D eigenvalue weighted by atomic mass is 16.5. The molecule has 1 aliphatic carbocycles. The Morgan fingerprint density at radius 2 is 1.77 bits per heavy atom. The van der Waals surface area contributed by atoms with Gasteiger partial charge in [-0.25, -0.2) is 9.97 Å². The minimum atomic E-state index is -0.0226. The molecule has 0 N–H and O–H groups in total. The molecule has 5 nitrogen and oxygen atoms in total. The van der Waals surface area contributed by atoms with E-state index in [1.54, 1.807) is 11.7 Å². The van der Waals surface area contributed by atoms with E-state index in [0.717, 1.165) is 11.2 Å². The fourth-order valence-corrected chi connectivity index (χ4v) is 5.35. The number of para-hydroxylation sites is 2.